The van der Waals surface area contributed by atoms with Crippen molar-refractivity contribution in [3.8, 4) is 0 Å². The summed E-state index contributed by atoms with van der Waals surface area (Å²) in [4.78, 5) is 2.64. The largest absolute Gasteiger partial charge is 0.312 e. The van der Waals surface area contributed by atoms with Crippen LogP contribution in [0.2, 0.25) is 0 Å². The molecule has 68 valence electrons. The molecule has 4 rings (SSSR count). The van der Waals surface area contributed by atoms with Gasteiger partial charge in [-0.15, -0.1) is 0 Å². The van der Waals surface area contributed by atoms with Crippen LogP contribution < -0.4 is 0 Å². The minimum Gasteiger partial charge on any atom is -0.312 e. The number of hydrogen-bond acceptors (Lipinski definition) is 2. The summed E-state index contributed by atoms with van der Waals surface area (Å²) >= 11 is 2.10. The molecule has 3 heteroatoms. The normalized spacial score (nSPS) is 56.2. The highest BCUT2D eigenvalue weighted by atomic mass is 127. The number of halogens is 1. The predicted octanol–water partition coefficient (Wildman–Crippen LogP) is 1.69. The Labute approximate surface area is 87.3 Å². The zero-order valence-electron chi connectivity index (χ0n) is 7.08. The topological polar surface area (TPSA) is 12.5 Å². The summed E-state index contributed by atoms with van der Waals surface area (Å²) in [6, 6.07) is 0. The number of nitrogens with zero attached hydrogens (tertiary/aromatic N) is 1. The number of piperidine rings is 3. The second kappa shape index (κ2) is 2.82. The minimum absolute atomic E-state index is 0.582. The van der Waals surface area contributed by atoms with Crippen LogP contribution in [0.4, 0.5) is 0 Å². The van der Waals surface area contributed by atoms with Crippen LogP contribution in [0.5, 0.6) is 0 Å². The summed E-state index contributed by atoms with van der Waals surface area (Å²) in [5, 5.41) is 0. The first-order valence-electron chi connectivity index (χ1n) is 4.86. The average molecular weight is 279 g/mol. The molecule has 4 bridgehead atoms. The van der Waals surface area contributed by atoms with Gasteiger partial charge in [-0.2, -0.15) is 0 Å². The van der Waals surface area contributed by atoms with Gasteiger partial charge in [0.05, 0.1) is 6.10 Å². The number of hydrogen-bond donors (Lipinski definition) is 0. The van der Waals surface area contributed by atoms with E-state index >= 15 is 0 Å². The van der Waals surface area contributed by atoms with Gasteiger partial charge in [0.2, 0.25) is 0 Å². The van der Waals surface area contributed by atoms with Crippen LogP contribution in [0.3, 0.4) is 0 Å². The van der Waals surface area contributed by atoms with Gasteiger partial charge in [0, 0.05) is 19.6 Å². The predicted molar refractivity (Wildman–Crippen MR) is 55.0 cm³/mol. The molecule has 12 heavy (non-hydrogen) atoms. The van der Waals surface area contributed by atoms with Gasteiger partial charge in [-0.1, -0.05) is 0 Å². The van der Waals surface area contributed by atoms with Crippen LogP contribution in [0.15, 0.2) is 0 Å². The summed E-state index contributed by atoms with van der Waals surface area (Å²) < 4.78 is 5.57. The Balaban J connectivity index is 1.86. The molecule has 0 aromatic carbocycles. The molecule has 0 radical (unpaired) electrons. The Morgan fingerprint density at radius 3 is 2.25 bits per heavy atom. The van der Waals surface area contributed by atoms with Crippen LogP contribution in [0, 0.1) is 17.8 Å². The summed E-state index contributed by atoms with van der Waals surface area (Å²) in [5.41, 5.74) is 0. The summed E-state index contributed by atoms with van der Waals surface area (Å²) in [6.45, 7) is 3.99. The molecule has 2 atom stereocenters. The zero-order chi connectivity index (χ0) is 8.13. The quantitative estimate of drug-likeness (QED) is 0.677. The van der Waals surface area contributed by atoms with E-state index in [4.69, 9.17) is 3.07 Å². The molecule has 1 aliphatic carbocycles. The van der Waals surface area contributed by atoms with Crippen LogP contribution >= 0.6 is 23.0 Å². The molecular formula is C9H14INO. The smallest absolute Gasteiger partial charge is 0.110 e. The maximum atomic E-state index is 5.57. The standard InChI is InChI=1S/C9H14INO/c10-12-9-7-1-6-2-8(9)5-11(3-6)4-7/h6-9H,1-5H2. The van der Waals surface area contributed by atoms with Crippen LogP contribution in [0.25, 0.3) is 0 Å². The molecule has 0 aromatic rings. The van der Waals surface area contributed by atoms with Crippen LogP contribution in [-0.2, 0) is 3.07 Å². The van der Waals surface area contributed by atoms with Crippen molar-refractivity contribution in [2.45, 2.75) is 18.9 Å². The first kappa shape index (κ1) is 8.00. The van der Waals surface area contributed by atoms with E-state index < -0.39 is 0 Å². The minimum atomic E-state index is 0.582. The maximum absolute atomic E-state index is 5.57. The molecule has 0 aromatic heterocycles. The highest BCUT2D eigenvalue weighted by Gasteiger charge is 2.47. The van der Waals surface area contributed by atoms with Crippen molar-refractivity contribution in [1.29, 1.82) is 0 Å². The fourth-order valence-corrected chi connectivity index (χ4v) is 4.34. The number of rotatable bonds is 1. The molecule has 4 fully saturated rings. The van der Waals surface area contributed by atoms with Crippen molar-refractivity contribution in [3.05, 3.63) is 0 Å². The second-order valence-corrected chi connectivity index (χ2v) is 5.14. The van der Waals surface area contributed by atoms with E-state index in [9.17, 15) is 0 Å². The molecule has 3 aliphatic heterocycles. The van der Waals surface area contributed by atoms with Gasteiger partial charge < -0.3 is 7.97 Å². The fourth-order valence-electron chi connectivity index (χ4n) is 3.51. The van der Waals surface area contributed by atoms with Gasteiger partial charge in [-0.05, 0) is 30.6 Å². The molecule has 2 unspecified atom stereocenters. The van der Waals surface area contributed by atoms with E-state index in [-0.39, 0.29) is 0 Å². The monoisotopic (exact) mass is 279 g/mol. The molecule has 0 spiro atoms. The Morgan fingerprint density at radius 2 is 1.75 bits per heavy atom. The Morgan fingerprint density at radius 1 is 1.08 bits per heavy atom. The average Bonchev–Trinajstić information content (AvgIpc) is 2.02. The molecule has 2 nitrogen and oxygen atoms in total. The van der Waals surface area contributed by atoms with Crippen LogP contribution in [-0.4, -0.2) is 30.6 Å². The highest BCUT2D eigenvalue weighted by molar-refractivity contribution is 14.1. The van der Waals surface area contributed by atoms with Crippen LogP contribution in [0.1, 0.15) is 12.8 Å². The third kappa shape index (κ3) is 1.06. The lowest BCUT2D eigenvalue weighted by Crippen LogP contribution is -2.60. The first-order valence-corrected chi connectivity index (χ1v) is 5.74. The molecule has 0 amide bonds. The Hall–Kier alpha value is 0.650. The molecule has 0 N–H and O–H groups in total. The zero-order valence-corrected chi connectivity index (χ0v) is 9.24. The Kier molecular flexibility index (Phi) is 1.88. The van der Waals surface area contributed by atoms with E-state index in [0.717, 1.165) is 17.8 Å². The SMILES string of the molecule is IOC1C2CC3CC1CN(C3)C2. The van der Waals surface area contributed by atoms with Crippen molar-refractivity contribution in [1.82, 2.24) is 4.90 Å². The van der Waals surface area contributed by atoms with Crippen molar-refractivity contribution >= 4 is 23.0 Å². The van der Waals surface area contributed by atoms with Gasteiger partial charge in [0.15, 0.2) is 0 Å². The van der Waals surface area contributed by atoms with Gasteiger partial charge in [-0.3, -0.25) is 0 Å². The lowest BCUT2D eigenvalue weighted by atomic mass is 9.66. The highest BCUT2D eigenvalue weighted by Crippen LogP contribution is 2.45. The molecular weight excluding hydrogens is 265 g/mol. The molecule has 3 saturated heterocycles. The van der Waals surface area contributed by atoms with Gasteiger partial charge in [0.25, 0.3) is 0 Å². The van der Waals surface area contributed by atoms with Gasteiger partial charge in [0.1, 0.15) is 23.0 Å². The third-order valence-electron chi connectivity index (χ3n) is 3.81. The van der Waals surface area contributed by atoms with E-state index in [1.165, 1.54) is 32.5 Å². The lowest BCUT2D eigenvalue weighted by Gasteiger charge is -2.54. The molecule has 1 saturated carbocycles. The molecule has 3 heterocycles. The lowest BCUT2D eigenvalue weighted by molar-refractivity contribution is -0.0848. The van der Waals surface area contributed by atoms with Crippen molar-refractivity contribution < 1.29 is 3.07 Å². The first-order chi connectivity index (χ1) is 5.86. The second-order valence-electron chi connectivity index (χ2n) is 4.63. The summed E-state index contributed by atoms with van der Waals surface area (Å²) in [5.74, 6) is 2.71. The van der Waals surface area contributed by atoms with Gasteiger partial charge >= 0.3 is 0 Å². The van der Waals surface area contributed by atoms with E-state index in [0.29, 0.717) is 6.10 Å². The maximum Gasteiger partial charge on any atom is 0.110 e. The van der Waals surface area contributed by atoms with Gasteiger partial charge in [-0.25, -0.2) is 0 Å². The van der Waals surface area contributed by atoms with E-state index in [1.54, 1.807) is 0 Å². The summed E-state index contributed by atoms with van der Waals surface area (Å²) in [7, 11) is 0. The molecule has 4 aliphatic rings. The third-order valence-corrected chi connectivity index (χ3v) is 4.39. The van der Waals surface area contributed by atoms with Crippen molar-refractivity contribution in [2.24, 2.45) is 17.8 Å². The Bertz CT molecular complexity index is 169. The van der Waals surface area contributed by atoms with E-state index in [1.807, 2.05) is 0 Å². The fraction of sp³-hybridized carbons (Fsp3) is 1.00. The van der Waals surface area contributed by atoms with Crippen molar-refractivity contribution in [3.63, 3.8) is 0 Å². The summed E-state index contributed by atoms with van der Waals surface area (Å²) in [6.07, 6.45) is 3.44. The van der Waals surface area contributed by atoms with Crippen molar-refractivity contribution in [2.75, 3.05) is 19.6 Å². The van der Waals surface area contributed by atoms with E-state index in [2.05, 4.69) is 27.9 Å².